The van der Waals surface area contributed by atoms with Crippen molar-refractivity contribution in [3.8, 4) is 0 Å². The molecule has 0 bridgehead atoms. The van der Waals surface area contributed by atoms with E-state index in [0.717, 1.165) is 12.1 Å². The molecule has 0 N–H and O–H groups in total. The molecule has 0 spiro atoms. The van der Waals surface area contributed by atoms with Crippen molar-refractivity contribution in [3.63, 3.8) is 0 Å². The van der Waals surface area contributed by atoms with Gasteiger partial charge in [-0.15, -0.1) is 0 Å². The van der Waals surface area contributed by atoms with Crippen LogP contribution in [0.3, 0.4) is 0 Å². The largest absolute Gasteiger partial charge is 0.322 e. The van der Waals surface area contributed by atoms with Crippen LogP contribution in [-0.2, 0) is 0 Å². The van der Waals surface area contributed by atoms with E-state index in [4.69, 9.17) is 0 Å². The molecule has 2 heteroatoms. The summed E-state index contributed by atoms with van der Waals surface area (Å²) in [4.78, 5) is 2.55. The summed E-state index contributed by atoms with van der Waals surface area (Å²) in [6.45, 7) is 10.7. The van der Waals surface area contributed by atoms with E-state index < -0.39 is 0 Å². The van der Waals surface area contributed by atoms with Gasteiger partial charge >= 0.3 is 0 Å². The maximum Gasteiger partial charge on any atom is 0.0988 e. The number of hydrogen-bond donors (Lipinski definition) is 0. The van der Waals surface area contributed by atoms with Crippen LogP contribution in [0.1, 0.15) is 20.8 Å². The zero-order chi connectivity index (χ0) is 9.35. The van der Waals surface area contributed by atoms with Crippen molar-refractivity contribution in [3.05, 3.63) is 0 Å². The number of hydrogen-bond acceptors (Lipinski definition) is 1. The molecule has 0 aromatic rings. The van der Waals surface area contributed by atoms with Crippen molar-refractivity contribution in [1.29, 1.82) is 0 Å². The first kappa shape index (κ1) is 10.0. The molecular formula is C10H23N2+. The van der Waals surface area contributed by atoms with Crippen molar-refractivity contribution < 1.29 is 4.48 Å². The maximum atomic E-state index is 2.55. The summed E-state index contributed by atoms with van der Waals surface area (Å²) in [5, 5.41) is 0. The van der Waals surface area contributed by atoms with E-state index in [1.165, 1.54) is 24.1 Å². The van der Waals surface area contributed by atoms with Gasteiger partial charge in [-0.2, -0.15) is 0 Å². The maximum absolute atomic E-state index is 2.55. The fourth-order valence-corrected chi connectivity index (χ4v) is 1.94. The molecular weight excluding hydrogens is 148 g/mol. The van der Waals surface area contributed by atoms with E-state index in [2.05, 4.69) is 39.8 Å². The Morgan fingerprint density at radius 3 is 1.92 bits per heavy atom. The van der Waals surface area contributed by atoms with E-state index in [1.807, 2.05) is 0 Å². The van der Waals surface area contributed by atoms with Crippen LogP contribution in [0, 0.1) is 0 Å². The van der Waals surface area contributed by atoms with Crippen LogP contribution in [0.25, 0.3) is 0 Å². The number of piperazine rings is 1. The summed E-state index contributed by atoms with van der Waals surface area (Å²) < 4.78 is 1.18. The molecule has 0 aromatic heterocycles. The molecule has 0 saturated carbocycles. The van der Waals surface area contributed by atoms with Gasteiger partial charge in [0.25, 0.3) is 0 Å². The summed E-state index contributed by atoms with van der Waals surface area (Å²) >= 11 is 0. The topological polar surface area (TPSA) is 3.24 Å². The van der Waals surface area contributed by atoms with Crippen LogP contribution in [0.5, 0.6) is 0 Å². The van der Waals surface area contributed by atoms with E-state index in [1.54, 1.807) is 0 Å². The zero-order valence-corrected chi connectivity index (χ0v) is 9.17. The summed E-state index contributed by atoms with van der Waals surface area (Å²) in [6.07, 6.45) is 0. The Hall–Kier alpha value is -0.0800. The predicted octanol–water partition coefficient (Wildman–Crippen LogP) is 1.18. The summed E-state index contributed by atoms with van der Waals surface area (Å²) in [6, 6.07) is 1.54. The summed E-state index contributed by atoms with van der Waals surface area (Å²) in [5.41, 5.74) is 0. The smallest absolute Gasteiger partial charge is 0.0988 e. The quantitative estimate of drug-likeness (QED) is 0.535. The van der Waals surface area contributed by atoms with Gasteiger partial charge in [0.2, 0.25) is 0 Å². The van der Waals surface area contributed by atoms with Gasteiger partial charge in [0.1, 0.15) is 0 Å². The second-order valence-electron chi connectivity index (χ2n) is 4.68. The zero-order valence-electron chi connectivity index (χ0n) is 9.17. The van der Waals surface area contributed by atoms with Crippen LogP contribution in [0.15, 0.2) is 0 Å². The van der Waals surface area contributed by atoms with Crippen molar-refractivity contribution in [2.24, 2.45) is 0 Å². The van der Waals surface area contributed by atoms with Crippen molar-refractivity contribution >= 4 is 0 Å². The van der Waals surface area contributed by atoms with E-state index >= 15 is 0 Å². The Kier molecular flexibility index (Phi) is 2.79. The van der Waals surface area contributed by atoms with Gasteiger partial charge in [0, 0.05) is 0 Å². The second kappa shape index (κ2) is 3.35. The molecule has 2 unspecified atom stereocenters. The molecule has 0 aromatic carbocycles. The minimum atomic E-state index is 0.772. The lowest BCUT2D eigenvalue weighted by Crippen LogP contribution is -2.64. The number of quaternary nitrogens is 1. The van der Waals surface area contributed by atoms with Crippen LogP contribution in [-0.4, -0.2) is 55.2 Å². The first-order valence-corrected chi connectivity index (χ1v) is 5.04. The molecule has 1 rings (SSSR count). The number of nitrogens with zero attached hydrogens (tertiary/aromatic N) is 2. The Balaban J connectivity index is 2.64. The fourth-order valence-electron chi connectivity index (χ4n) is 1.94. The molecule has 1 aliphatic rings. The Labute approximate surface area is 76.7 Å². The van der Waals surface area contributed by atoms with Crippen molar-refractivity contribution in [2.75, 3.05) is 33.7 Å². The first-order valence-electron chi connectivity index (χ1n) is 5.04. The van der Waals surface area contributed by atoms with Crippen LogP contribution < -0.4 is 0 Å². The number of rotatable bonds is 1. The molecule has 0 aliphatic carbocycles. The van der Waals surface area contributed by atoms with E-state index in [9.17, 15) is 0 Å². The molecule has 1 heterocycles. The molecule has 2 atom stereocenters. The average Bonchev–Trinajstić information content (AvgIpc) is 2.00. The molecule has 1 fully saturated rings. The highest BCUT2D eigenvalue weighted by Gasteiger charge is 2.36. The third-order valence-corrected chi connectivity index (χ3v) is 3.76. The molecule has 2 nitrogen and oxygen atoms in total. The first-order chi connectivity index (χ1) is 5.48. The van der Waals surface area contributed by atoms with E-state index in [-0.39, 0.29) is 0 Å². The molecule has 12 heavy (non-hydrogen) atoms. The summed E-state index contributed by atoms with van der Waals surface area (Å²) in [5.74, 6) is 0. The standard InChI is InChI=1S/C10H23N2/c1-6-11-7-9(2)12(4,5)10(3)8-11/h9-10H,6-8H2,1-5H3/q+1. The van der Waals surface area contributed by atoms with E-state index in [0.29, 0.717) is 0 Å². The highest BCUT2D eigenvalue weighted by molar-refractivity contribution is 4.72. The van der Waals surface area contributed by atoms with Gasteiger partial charge in [-0.3, -0.25) is 4.90 Å². The third-order valence-electron chi connectivity index (χ3n) is 3.76. The number of likely N-dealkylation sites (N-methyl/N-ethyl adjacent to an activating group) is 2. The summed E-state index contributed by atoms with van der Waals surface area (Å²) in [7, 11) is 4.70. The minimum Gasteiger partial charge on any atom is -0.322 e. The lowest BCUT2D eigenvalue weighted by Gasteiger charge is -2.48. The van der Waals surface area contributed by atoms with Gasteiger partial charge in [-0.05, 0) is 20.4 Å². The SMILES string of the molecule is CCN1CC(C)[N+](C)(C)C(C)C1. The van der Waals surface area contributed by atoms with Crippen LogP contribution in [0.2, 0.25) is 0 Å². The molecule has 1 saturated heterocycles. The van der Waals surface area contributed by atoms with Crippen LogP contribution in [0.4, 0.5) is 0 Å². The Morgan fingerprint density at radius 1 is 1.17 bits per heavy atom. The average molecular weight is 171 g/mol. The molecule has 72 valence electrons. The highest BCUT2D eigenvalue weighted by Crippen LogP contribution is 2.20. The van der Waals surface area contributed by atoms with Crippen LogP contribution >= 0.6 is 0 Å². The van der Waals surface area contributed by atoms with Crippen molar-refractivity contribution in [1.82, 2.24) is 4.90 Å². The van der Waals surface area contributed by atoms with Gasteiger partial charge in [0.05, 0.1) is 39.3 Å². The Bertz CT molecular complexity index is 140. The molecule has 0 amide bonds. The molecule has 0 radical (unpaired) electrons. The van der Waals surface area contributed by atoms with Gasteiger partial charge in [-0.25, -0.2) is 0 Å². The lowest BCUT2D eigenvalue weighted by molar-refractivity contribution is -0.939. The van der Waals surface area contributed by atoms with Gasteiger partial charge in [0.15, 0.2) is 0 Å². The van der Waals surface area contributed by atoms with Crippen molar-refractivity contribution in [2.45, 2.75) is 32.9 Å². The van der Waals surface area contributed by atoms with Gasteiger partial charge < -0.3 is 4.48 Å². The third kappa shape index (κ3) is 1.64. The monoisotopic (exact) mass is 171 g/mol. The predicted molar refractivity (Wildman–Crippen MR) is 53.1 cm³/mol. The molecule has 1 aliphatic heterocycles. The highest BCUT2D eigenvalue weighted by atomic mass is 15.4. The van der Waals surface area contributed by atoms with Gasteiger partial charge in [-0.1, -0.05) is 6.92 Å². The normalized spacial score (nSPS) is 36.8. The Morgan fingerprint density at radius 2 is 1.58 bits per heavy atom. The fraction of sp³-hybridized carbons (Fsp3) is 1.00. The minimum absolute atomic E-state index is 0.772. The lowest BCUT2D eigenvalue weighted by atomic mass is 10.1. The second-order valence-corrected chi connectivity index (χ2v) is 4.68.